The Morgan fingerprint density at radius 1 is 0.885 bits per heavy atom. The van der Waals surface area contributed by atoms with E-state index < -0.39 is 0 Å². The minimum Gasteiger partial charge on any atom is -0.481 e. The maximum atomic E-state index is 6.52. The lowest BCUT2D eigenvalue weighted by molar-refractivity contribution is 0.244. The first-order valence-corrected chi connectivity index (χ1v) is 9.89. The van der Waals surface area contributed by atoms with Crippen LogP contribution >= 0.6 is 11.8 Å². The van der Waals surface area contributed by atoms with Crippen LogP contribution < -0.4 is 4.74 Å². The van der Waals surface area contributed by atoms with Crippen molar-refractivity contribution in [1.29, 1.82) is 0 Å². The maximum Gasteiger partial charge on any atom is 0.150 e. The number of nitrogens with zero attached hydrogens (tertiary/aromatic N) is 1. The Hall–Kier alpha value is -2.23. The van der Waals surface area contributed by atoms with E-state index in [-0.39, 0.29) is 6.10 Å². The fourth-order valence-electron chi connectivity index (χ4n) is 3.37. The number of hydrogen-bond donors (Lipinski definition) is 0. The maximum absolute atomic E-state index is 6.52. The molecule has 0 aromatic heterocycles. The summed E-state index contributed by atoms with van der Waals surface area (Å²) in [5.41, 5.74) is 5.16. The van der Waals surface area contributed by atoms with Gasteiger partial charge in [-0.25, -0.2) is 0 Å². The van der Waals surface area contributed by atoms with E-state index >= 15 is 0 Å². The van der Waals surface area contributed by atoms with Gasteiger partial charge in [-0.15, -0.1) is 11.8 Å². The van der Waals surface area contributed by atoms with Crippen molar-refractivity contribution in [2.75, 3.05) is 14.1 Å². The van der Waals surface area contributed by atoms with E-state index in [0.29, 0.717) is 0 Å². The average Bonchev–Trinajstić information content (AvgIpc) is 2.81. The first-order chi connectivity index (χ1) is 12.7. The van der Waals surface area contributed by atoms with Crippen LogP contribution in [-0.2, 0) is 12.3 Å². The minimum atomic E-state index is -0.0721. The highest BCUT2D eigenvalue weighted by atomic mass is 32.2. The largest absolute Gasteiger partial charge is 0.481 e. The SMILES string of the molecule is CN(C)Cc1ccc(O[C@H]2c3ccccc3CSc3ccccc32)cc1. The van der Waals surface area contributed by atoms with E-state index in [0.717, 1.165) is 18.0 Å². The number of benzene rings is 3. The zero-order chi connectivity index (χ0) is 17.9. The Morgan fingerprint density at radius 3 is 2.35 bits per heavy atom. The van der Waals surface area contributed by atoms with E-state index in [1.165, 1.54) is 27.1 Å². The number of hydrogen-bond acceptors (Lipinski definition) is 3. The standard InChI is InChI=1S/C23H23NOS/c1-24(2)15-17-11-13-19(14-12-17)25-23-20-8-4-3-7-18(20)16-26-22-10-6-5-9-21(22)23/h3-14,23H,15-16H2,1-2H3/t23-/m0/s1. The second-order valence-electron chi connectivity index (χ2n) is 6.90. The summed E-state index contributed by atoms with van der Waals surface area (Å²) in [6.07, 6.45) is -0.0721. The summed E-state index contributed by atoms with van der Waals surface area (Å²) >= 11 is 1.89. The van der Waals surface area contributed by atoms with Gasteiger partial charge in [0, 0.05) is 28.3 Å². The highest BCUT2D eigenvalue weighted by Crippen LogP contribution is 2.41. The highest BCUT2D eigenvalue weighted by molar-refractivity contribution is 7.98. The van der Waals surface area contributed by atoms with Gasteiger partial charge in [-0.2, -0.15) is 0 Å². The first kappa shape index (κ1) is 17.2. The summed E-state index contributed by atoms with van der Waals surface area (Å²) in [5.74, 6) is 1.89. The predicted molar refractivity (Wildman–Crippen MR) is 109 cm³/mol. The summed E-state index contributed by atoms with van der Waals surface area (Å²) in [7, 11) is 4.17. The van der Waals surface area contributed by atoms with Gasteiger partial charge >= 0.3 is 0 Å². The molecular formula is C23H23NOS. The van der Waals surface area contributed by atoms with Gasteiger partial charge in [-0.1, -0.05) is 54.6 Å². The number of fused-ring (bicyclic) bond motifs is 2. The molecule has 1 aliphatic rings. The Bertz CT molecular complexity index is 841. The molecule has 0 aliphatic carbocycles. The van der Waals surface area contributed by atoms with Crippen molar-refractivity contribution < 1.29 is 4.74 Å². The van der Waals surface area contributed by atoms with Gasteiger partial charge in [0.2, 0.25) is 0 Å². The van der Waals surface area contributed by atoms with Crippen molar-refractivity contribution in [1.82, 2.24) is 4.90 Å². The van der Waals surface area contributed by atoms with Crippen LogP contribution in [0.5, 0.6) is 5.75 Å². The molecule has 0 spiro atoms. The van der Waals surface area contributed by atoms with Crippen molar-refractivity contribution in [3.63, 3.8) is 0 Å². The Kier molecular flexibility index (Phi) is 5.00. The van der Waals surface area contributed by atoms with Crippen LogP contribution in [-0.4, -0.2) is 19.0 Å². The molecule has 0 amide bonds. The van der Waals surface area contributed by atoms with Crippen molar-refractivity contribution in [3.05, 3.63) is 95.1 Å². The van der Waals surface area contributed by atoms with Crippen molar-refractivity contribution in [2.45, 2.75) is 23.3 Å². The first-order valence-electron chi connectivity index (χ1n) is 8.90. The molecule has 1 heterocycles. The van der Waals surface area contributed by atoms with E-state index in [9.17, 15) is 0 Å². The molecule has 1 aliphatic heterocycles. The van der Waals surface area contributed by atoms with E-state index in [4.69, 9.17) is 4.74 Å². The molecule has 3 heteroatoms. The second-order valence-corrected chi connectivity index (χ2v) is 7.92. The summed E-state index contributed by atoms with van der Waals surface area (Å²) in [5, 5.41) is 0. The van der Waals surface area contributed by atoms with Crippen LogP contribution in [0.1, 0.15) is 28.4 Å². The summed E-state index contributed by atoms with van der Waals surface area (Å²) < 4.78 is 6.52. The van der Waals surface area contributed by atoms with E-state index in [2.05, 4.69) is 91.8 Å². The average molecular weight is 362 g/mol. The molecular weight excluding hydrogens is 338 g/mol. The van der Waals surface area contributed by atoms with E-state index in [1.807, 2.05) is 11.8 Å². The Morgan fingerprint density at radius 2 is 1.58 bits per heavy atom. The molecule has 0 N–H and O–H groups in total. The van der Waals surface area contributed by atoms with Gasteiger partial charge < -0.3 is 9.64 Å². The fraction of sp³-hybridized carbons (Fsp3) is 0.217. The molecule has 4 rings (SSSR count). The van der Waals surface area contributed by atoms with Crippen LogP contribution in [0.2, 0.25) is 0 Å². The monoisotopic (exact) mass is 361 g/mol. The quantitative estimate of drug-likeness (QED) is 0.607. The van der Waals surface area contributed by atoms with Gasteiger partial charge in [0.05, 0.1) is 0 Å². The van der Waals surface area contributed by atoms with Crippen molar-refractivity contribution in [3.8, 4) is 5.75 Å². The number of thioether (sulfide) groups is 1. The zero-order valence-electron chi connectivity index (χ0n) is 15.2. The summed E-state index contributed by atoms with van der Waals surface area (Å²) in [6, 6.07) is 25.7. The summed E-state index contributed by atoms with van der Waals surface area (Å²) in [4.78, 5) is 3.48. The lowest BCUT2D eigenvalue weighted by Crippen LogP contribution is -2.12. The van der Waals surface area contributed by atoms with E-state index in [1.54, 1.807) is 0 Å². The van der Waals surface area contributed by atoms with Crippen LogP contribution in [0.25, 0.3) is 0 Å². The molecule has 0 saturated carbocycles. The van der Waals surface area contributed by atoms with Crippen LogP contribution in [0, 0.1) is 0 Å². The highest BCUT2D eigenvalue weighted by Gasteiger charge is 2.25. The van der Waals surface area contributed by atoms with Gasteiger partial charge in [-0.05, 0) is 43.4 Å². The lowest BCUT2D eigenvalue weighted by Gasteiger charge is -2.22. The number of ether oxygens (including phenoxy) is 1. The molecule has 0 bridgehead atoms. The lowest BCUT2D eigenvalue weighted by atomic mass is 9.97. The topological polar surface area (TPSA) is 12.5 Å². The van der Waals surface area contributed by atoms with Gasteiger partial charge in [0.15, 0.2) is 6.10 Å². The van der Waals surface area contributed by atoms with Gasteiger partial charge in [0.25, 0.3) is 0 Å². The van der Waals surface area contributed by atoms with Gasteiger partial charge in [0.1, 0.15) is 5.75 Å². The third-order valence-electron chi connectivity index (χ3n) is 4.60. The normalized spacial score (nSPS) is 15.9. The van der Waals surface area contributed by atoms with Crippen LogP contribution in [0.15, 0.2) is 77.7 Å². The molecule has 0 fully saturated rings. The van der Waals surface area contributed by atoms with Crippen LogP contribution in [0.3, 0.4) is 0 Å². The minimum absolute atomic E-state index is 0.0721. The molecule has 0 unspecified atom stereocenters. The van der Waals surface area contributed by atoms with Crippen LogP contribution in [0.4, 0.5) is 0 Å². The molecule has 0 saturated heterocycles. The number of rotatable bonds is 4. The molecule has 3 aromatic rings. The fourth-order valence-corrected chi connectivity index (χ4v) is 4.47. The third kappa shape index (κ3) is 3.64. The zero-order valence-corrected chi connectivity index (χ0v) is 16.0. The Balaban J connectivity index is 1.69. The molecule has 3 aromatic carbocycles. The van der Waals surface area contributed by atoms with Crippen molar-refractivity contribution >= 4 is 11.8 Å². The molecule has 1 atom stereocenters. The molecule has 2 nitrogen and oxygen atoms in total. The molecule has 26 heavy (non-hydrogen) atoms. The smallest absolute Gasteiger partial charge is 0.150 e. The molecule has 132 valence electrons. The van der Waals surface area contributed by atoms with Crippen molar-refractivity contribution in [2.24, 2.45) is 0 Å². The van der Waals surface area contributed by atoms with Gasteiger partial charge in [-0.3, -0.25) is 0 Å². The Labute approximate surface area is 159 Å². The second kappa shape index (κ2) is 7.56. The third-order valence-corrected chi connectivity index (χ3v) is 5.74. The molecule has 0 radical (unpaired) electrons. The summed E-state index contributed by atoms with van der Waals surface area (Å²) in [6.45, 7) is 0.937. The predicted octanol–water partition coefficient (Wildman–Crippen LogP) is 5.52.